The lowest BCUT2D eigenvalue weighted by Crippen LogP contribution is -2.26. The van der Waals surface area contributed by atoms with Crippen molar-refractivity contribution in [1.29, 1.82) is 0 Å². The molecule has 2 heterocycles. The molecule has 4 rings (SSSR count). The second-order valence-electron chi connectivity index (χ2n) is 8.22. The van der Waals surface area contributed by atoms with Gasteiger partial charge in [0.1, 0.15) is 5.82 Å². The summed E-state index contributed by atoms with van der Waals surface area (Å²) in [6, 6.07) is 5.89. The van der Waals surface area contributed by atoms with Crippen LogP contribution >= 0.6 is 11.6 Å². The standard InChI is InChI=1S/C21H19ClN4O4/c1-21(2)8-11(6-12(27)9-21)24-14-4-3-10(22)5-15(14)26-16(28)7-13-17(18(26)23)20(30)25-19(13)29/h3-7,24H,8-9,23H2,1-2H3,(H,25,29,30). The second kappa shape index (κ2) is 6.84. The first kappa shape index (κ1) is 19.9. The average Bonchev–Trinajstić information content (AvgIpc) is 2.89. The molecule has 0 radical (unpaired) electrons. The van der Waals surface area contributed by atoms with Crippen LogP contribution in [0.4, 0.5) is 11.5 Å². The maximum atomic E-state index is 12.8. The van der Waals surface area contributed by atoms with E-state index in [-0.39, 0.29) is 28.1 Å². The number of amides is 2. The Morgan fingerprint density at radius 1 is 1.10 bits per heavy atom. The maximum absolute atomic E-state index is 12.8. The third kappa shape index (κ3) is 3.39. The Bertz CT molecular complexity index is 1230. The predicted octanol–water partition coefficient (Wildman–Crippen LogP) is 2.64. The van der Waals surface area contributed by atoms with Gasteiger partial charge < -0.3 is 11.1 Å². The number of pyridine rings is 1. The number of nitrogen functional groups attached to an aromatic ring is 1. The van der Waals surface area contributed by atoms with Gasteiger partial charge in [-0.3, -0.25) is 29.1 Å². The zero-order valence-corrected chi connectivity index (χ0v) is 17.1. The first-order valence-electron chi connectivity index (χ1n) is 9.27. The van der Waals surface area contributed by atoms with Crippen LogP contribution in [0.25, 0.3) is 5.69 Å². The van der Waals surface area contributed by atoms with Crippen molar-refractivity contribution >= 4 is 40.7 Å². The minimum absolute atomic E-state index is 0.00802. The molecule has 1 aliphatic heterocycles. The quantitative estimate of drug-likeness (QED) is 0.648. The fourth-order valence-electron chi connectivity index (χ4n) is 3.92. The number of allylic oxidation sites excluding steroid dienone is 2. The molecule has 0 atom stereocenters. The van der Waals surface area contributed by atoms with E-state index >= 15 is 0 Å². The van der Waals surface area contributed by atoms with Crippen molar-refractivity contribution in [1.82, 2.24) is 9.88 Å². The molecule has 0 bridgehead atoms. The molecule has 0 saturated heterocycles. The van der Waals surface area contributed by atoms with Crippen molar-refractivity contribution in [2.24, 2.45) is 5.41 Å². The van der Waals surface area contributed by atoms with Crippen LogP contribution in [-0.4, -0.2) is 22.2 Å². The minimum atomic E-state index is -0.667. The number of nitrogens with two attached hydrogens (primary N) is 1. The van der Waals surface area contributed by atoms with Crippen LogP contribution in [0.1, 0.15) is 47.4 Å². The van der Waals surface area contributed by atoms with Crippen molar-refractivity contribution in [2.75, 3.05) is 11.1 Å². The molecule has 9 heteroatoms. The van der Waals surface area contributed by atoms with Crippen molar-refractivity contribution in [3.05, 3.63) is 62.5 Å². The van der Waals surface area contributed by atoms with Gasteiger partial charge in [-0.15, -0.1) is 0 Å². The Morgan fingerprint density at radius 3 is 2.53 bits per heavy atom. The highest BCUT2D eigenvalue weighted by Crippen LogP contribution is 2.36. The largest absolute Gasteiger partial charge is 0.384 e. The Morgan fingerprint density at radius 2 is 1.83 bits per heavy atom. The monoisotopic (exact) mass is 426 g/mol. The van der Waals surface area contributed by atoms with Crippen LogP contribution in [0, 0.1) is 5.41 Å². The summed E-state index contributed by atoms with van der Waals surface area (Å²) >= 11 is 6.17. The van der Waals surface area contributed by atoms with Crippen molar-refractivity contribution in [2.45, 2.75) is 26.7 Å². The fraction of sp³-hybridized carbons (Fsp3) is 0.238. The molecular formula is C21H19ClN4O4. The van der Waals surface area contributed by atoms with Gasteiger partial charge in [-0.05, 0) is 30.0 Å². The lowest BCUT2D eigenvalue weighted by Gasteiger charge is -2.30. The molecule has 0 saturated carbocycles. The van der Waals surface area contributed by atoms with Gasteiger partial charge in [0, 0.05) is 29.3 Å². The van der Waals surface area contributed by atoms with E-state index in [1.54, 1.807) is 18.2 Å². The second-order valence-corrected chi connectivity index (χ2v) is 8.65. The third-order valence-electron chi connectivity index (χ3n) is 5.11. The number of imide groups is 1. The highest BCUT2D eigenvalue weighted by Gasteiger charge is 2.32. The van der Waals surface area contributed by atoms with Crippen molar-refractivity contribution in [3.63, 3.8) is 0 Å². The summed E-state index contributed by atoms with van der Waals surface area (Å²) in [6.07, 6.45) is 2.63. The van der Waals surface area contributed by atoms with Crippen LogP contribution in [-0.2, 0) is 4.79 Å². The van der Waals surface area contributed by atoms with Crippen molar-refractivity contribution in [3.8, 4) is 5.69 Å². The summed E-state index contributed by atoms with van der Waals surface area (Å²) in [5.74, 6) is -1.49. The molecular weight excluding hydrogens is 408 g/mol. The van der Waals surface area contributed by atoms with Crippen LogP contribution in [0.3, 0.4) is 0 Å². The molecule has 0 spiro atoms. The van der Waals surface area contributed by atoms with Gasteiger partial charge >= 0.3 is 0 Å². The highest BCUT2D eigenvalue weighted by molar-refractivity contribution is 6.31. The van der Waals surface area contributed by atoms with E-state index in [0.717, 1.165) is 10.6 Å². The van der Waals surface area contributed by atoms with Gasteiger partial charge in [0.25, 0.3) is 17.4 Å². The molecule has 1 aromatic carbocycles. The number of ketones is 1. The Labute approximate surface area is 176 Å². The van der Waals surface area contributed by atoms with E-state index in [4.69, 9.17) is 17.3 Å². The molecule has 0 fully saturated rings. The molecule has 2 aromatic rings. The Hall–Kier alpha value is -3.39. The number of carbonyl (C=O) groups excluding carboxylic acids is 3. The van der Waals surface area contributed by atoms with Gasteiger partial charge in [0.15, 0.2) is 5.78 Å². The number of carbonyl (C=O) groups is 3. The summed E-state index contributed by atoms with van der Waals surface area (Å²) in [5, 5.41) is 5.68. The van der Waals surface area contributed by atoms with E-state index in [9.17, 15) is 19.2 Å². The normalized spacial score (nSPS) is 17.4. The summed E-state index contributed by atoms with van der Waals surface area (Å²) in [5.41, 5.74) is 6.72. The van der Waals surface area contributed by atoms with E-state index in [1.807, 2.05) is 13.8 Å². The summed E-state index contributed by atoms with van der Waals surface area (Å²) in [6.45, 7) is 4.00. The number of hydrogen-bond acceptors (Lipinski definition) is 6. The first-order valence-corrected chi connectivity index (χ1v) is 9.65. The molecule has 2 aliphatic rings. The number of fused-ring (bicyclic) bond motifs is 1. The van der Waals surface area contributed by atoms with E-state index < -0.39 is 17.4 Å². The van der Waals surface area contributed by atoms with Crippen molar-refractivity contribution < 1.29 is 14.4 Å². The highest BCUT2D eigenvalue weighted by atomic mass is 35.5. The number of halogens is 1. The lowest BCUT2D eigenvalue weighted by atomic mass is 9.79. The average molecular weight is 427 g/mol. The minimum Gasteiger partial charge on any atom is -0.384 e. The molecule has 0 unspecified atom stereocenters. The molecule has 8 nitrogen and oxygen atoms in total. The van der Waals surface area contributed by atoms with Gasteiger partial charge in [-0.25, -0.2) is 0 Å². The summed E-state index contributed by atoms with van der Waals surface area (Å²) < 4.78 is 1.13. The molecule has 4 N–H and O–H groups in total. The SMILES string of the molecule is CC1(C)CC(=O)C=C(Nc2ccc(Cl)cc2-n2c(N)c3c(cc2=O)C(=O)NC3=O)C1. The van der Waals surface area contributed by atoms with Crippen LogP contribution in [0.15, 0.2) is 40.8 Å². The molecule has 154 valence electrons. The molecule has 1 aromatic heterocycles. The molecule has 1 aliphatic carbocycles. The number of hydrogen-bond donors (Lipinski definition) is 3. The number of benzene rings is 1. The number of rotatable bonds is 3. The zero-order valence-electron chi connectivity index (χ0n) is 16.3. The van der Waals surface area contributed by atoms with Gasteiger partial charge in [-0.1, -0.05) is 25.4 Å². The lowest BCUT2D eigenvalue weighted by molar-refractivity contribution is -0.117. The summed E-state index contributed by atoms with van der Waals surface area (Å²) in [7, 11) is 0. The summed E-state index contributed by atoms with van der Waals surface area (Å²) in [4.78, 5) is 49.0. The third-order valence-corrected chi connectivity index (χ3v) is 5.34. The van der Waals surface area contributed by atoms with E-state index in [0.29, 0.717) is 34.9 Å². The van der Waals surface area contributed by atoms with E-state index in [2.05, 4.69) is 10.6 Å². The van der Waals surface area contributed by atoms with Gasteiger partial charge in [-0.2, -0.15) is 0 Å². The number of anilines is 2. The van der Waals surface area contributed by atoms with Crippen LogP contribution in [0.2, 0.25) is 5.02 Å². The predicted molar refractivity (Wildman–Crippen MR) is 113 cm³/mol. The Kier molecular flexibility index (Phi) is 4.54. The van der Waals surface area contributed by atoms with Crippen LogP contribution < -0.4 is 21.9 Å². The Balaban J connectivity index is 1.86. The number of nitrogens with zero attached hydrogens (tertiary/aromatic N) is 1. The van der Waals surface area contributed by atoms with Gasteiger partial charge in [0.05, 0.1) is 22.5 Å². The van der Waals surface area contributed by atoms with E-state index in [1.165, 1.54) is 6.07 Å². The number of aromatic nitrogens is 1. The zero-order chi connectivity index (χ0) is 21.8. The number of nitrogens with one attached hydrogen (secondary N) is 2. The fourth-order valence-corrected chi connectivity index (χ4v) is 4.09. The molecule has 30 heavy (non-hydrogen) atoms. The first-order chi connectivity index (χ1) is 14.1. The maximum Gasteiger partial charge on any atom is 0.262 e. The van der Waals surface area contributed by atoms with Crippen LogP contribution in [0.5, 0.6) is 0 Å². The topological polar surface area (TPSA) is 123 Å². The molecule has 2 amide bonds. The van der Waals surface area contributed by atoms with Gasteiger partial charge in [0.2, 0.25) is 0 Å². The smallest absolute Gasteiger partial charge is 0.262 e.